The van der Waals surface area contributed by atoms with Crippen molar-refractivity contribution in [2.45, 2.75) is 6.54 Å². The summed E-state index contributed by atoms with van der Waals surface area (Å²) in [6, 6.07) is 14.3. The Hall–Kier alpha value is -3.35. The van der Waals surface area contributed by atoms with E-state index in [1.165, 1.54) is 7.11 Å². The third-order valence-electron chi connectivity index (χ3n) is 3.55. The monoisotopic (exact) mass is 339 g/mol. The Kier molecular flexibility index (Phi) is 4.94. The summed E-state index contributed by atoms with van der Waals surface area (Å²) in [4.78, 5) is 16.5. The van der Waals surface area contributed by atoms with Crippen molar-refractivity contribution in [3.63, 3.8) is 0 Å². The Labute approximate surface area is 144 Å². The summed E-state index contributed by atoms with van der Waals surface area (Å²) in [5.74, 6) is 1.66. The Bertz CT molecular complexity index is 876. The van der Waals surface area contributed by atoms with Gasteiger partial charge in [0.05, 0.1) is 26.3 Å². The van der Waals surface area contributed by atoms with Crippen molar-refractivity contribution in [3.8, 4) is 22.9 Å². The van der Waals surface area contributed by atoms with Crippen LogP contribution in [0.1, 0.15) is 16.2 Å². The van der Waals surface area contributed by atoms with Crippen LogP contribution >= 0.6 is 0 Å². The Balaban J connectivity index is 1.68. The van der Waals surface area contributed by atoms with Crippen LogP contribution in [-0.2, 0) is 6.54 Å². The first-order valence-electron chi connectivity index (χ1n) is 7.59. The van der Waals surface area contributed by atoms with E-state index in [1.54, 1.807) is 31.4 Å². The second-order valence-electron chi connectivity index (χ2n) is 5.13. The molecular weight excluding hydrogens is 322 g/mol. The number of hydrogen-bond acceptors (Lipinski definition) is 6. The van der Waals surface area contributed by atoms with Gasteiger partial charge in [0.1, 0.15) is 11.5 Å². The van der Waals surface area contributed by atoms with Crippen LogP contribution < -0.4 is 14.8 Å². The molecule has 1 amide bonds. The van der Waals surface area contributed by atoms with Crippen molar-refractivity contribution in [1.82, 2.24) is 15.5 Å². The van der Waals surface area contributed by atoms with Crippen LogP contribution in [0.2, 0.25) is 0 Å². The molecule has 7 heteroatoms. The highest BCUT2D eigenvalue weighted by Gasteiger charge is 2.14. The maximum absolute atomic E-state index is 12.3. The topological polar surface area (TPSA) is 86.5 Å². The average Bonchev–Trinajstić information content (AvgIpc) is 3.15. The van der Waals surface area contributed by atoms with Crippen molar-refractivity contribution in [3.05, 3.63) is 60.0 Å². The average molecular weight is 339 g/mol. The summed E-state index contributed by atoms with van der Waals surface area (Å²) in [6.07, 6.45) is 0. The summed E-state index contributed by atoms with van der Waals surface area (Å²) in [7, 11) is 3.11. The number of rotatable bonds is 6. The number of amides is 1. The molecule has 0 aliphatic carbocycles. The highest BCUT2D eigenvalue weighted by atomic mass is 16.5. The van der Waals surface area contributed by atoms with Gasteiger partial charge >= 0.3 is 0 Å². The lowest BCUT2D eigenvalue weighted by molar-refractivity contribution is 0.0943. The highest BCUT2D eigenvalue weighted by molar-refractivity contribution is 5.96. The number of hydrogen-bond donors (Lipinski definition) is 1. The minimum absolute atomic E-state index is 0.119. The smallest absolute Gasteiger partial charge is 0.255 e. The van der Waals surface area contributed by atoms with Gasteiger partial charge in [-0.2, -0.15) is 4.98 Å². The van der Waals surface area contributed by atoms with Gasteiger partial charge in [-0.05, 0) is 24.3 Å². The van der Waals surface area contributed by atoms with Crippen LogP contribution in [0.15, 0.2) is 53.1 Å². The van der Waals surface area contributed by atoms with E-state index in [0.717, 1.165) is 5.56 Å². The summed E-state index contributed by atoms with van der Waals surface area (Å²) < 4.78 is 15.5. The molecule has 0 saturated heterocycles. The standard InChI is InChI=1S/C18H17N3O4/c1-23-13-7-5-6-12(10-13)17-20-16(25-21-17)11-19-18(22)14-8-3-4-9-15(14)24-2/h3-10H,11H2,1-2H3,(H,19,22). The molecule has 1 N–H and O–H groups in total. The third-order valence-corrected chi connectivity index (χ3v) is 3.55. The number of carbonyl (C=O) groups is 1. The molecule has 0 fully saturated rings. The fraction of sp³-hybridized carbons (Fsp3) is 0.167. The van der Waals surface area contributed by atoms with Crippen LogP contribution in [0, 0.1) is 0 Å². The molecule has 3 aromatic rings. The second kappa shape index (κ2) is 7.48. The number of nitrogens with one attached hydrogen (secondary N) is 1. The zero-order valence-electron chi connectivity index (χ0n) is 13.9. The lowest BCUT2D eigenvalue weighted by Gasteiger charge is -2.07. The van der Waals surface area contributed by atoms with Gasteiger partial charge in [-0.1, -0.05) is 29.4 Å². The Morgan fingerprint density at radius 1 is 1.12 bits per heavy atom. The van der Waals surface area contributed by atoms with Crippen LogP contribution in [0.3, 0.4) is 0 Å². The number of para-hydroxylation sites is 1. The van der Waals surface area contributed by atoms with Crippen molar-refractivity contribution >= 4 is 5.91 Å². The van der Waals surface area contributed by atoms with E-state index in [1.807, 2.05) is 24.3 Å². The highest BCUT2D eigenvalue weighted by Crippen LogP contribution is 2.21. The SMILES string of the molecule is COc1cccc(-c2noc(CNC(=O)c3ccccc3OC)n2)c1. The first-order valence-corrected chi connectivity index (χ1v) is 7.59. The molecule has 25 heavy (non-hydrogen) atoms. The quantitative estimate of drug-likeness (QED) is 0.743. The van der Waals surface area contributed by atoms with Crippen molar-refractivity contribution in [2.75, 3.05) is 14.2 Å². The lowest BCUT2D eigenvalue weighted by atomic mass is 10.2. The van der Waals surface area contributed by atoms with E-state index < -0.39 is 0 Å². The van der Waals surface area contributed by atoms with Crippen LogP contribution in [0.4, 0.5) is 0 Å². The van der Waals surface area contributed by atoms with Gasteiger partial charge < -0.3 is 19.3 Å². The van der Waals surface area contributed by atoms with Gasteiger partial charge in [-0.3, -0.25) is 4.79 Å². The fourth-order valence-electron chi connectivity index (χ4n) is 2.29. The third kappa shape index (κ3) is 3.77. The molecule has 0 aliphatic rings. The molecule has 0 saturated carbocycles. The normalized spacial score (nSPS) is 10.3. The minimum Gasteiger partial charge on any atom is -0.497 e. The molecule has 0 aliphatic heterocycles. The molecule has 1 heterocycles. The molecule has 0 bridgehead atoms. The van der Waals surface area contributed by atoms with E-state index in [-0.39, 0.29) is 12.5 Å². The lowest BCUT2D eigenvalue weighted by Crippen LogP contribution is -2.23. The molecule has 0 atom stereocenters. The van der Waals surface area contributed by atoms with E-state index in [2.05, 4.69) is 15.5 Å². The predicted molar refractivity (Wildman–Crippen MR) is 90.5 cm³/mol. The number of methoxy groups -OCH3 is 2. The summed E-state index contributed by atoms with van der Waals surface area (Å²) in [5.41, 5.74) is 1.21. The molecule has 0 radical (unpaired) electrons. The number of ether oxygens (including phenoxy) is 2. The molecule has 0 unspecified atom stereocenters. The number of nitrogens with zero attached hydrogens (tertiary/aromatic N) is 2. The van der Waals surface area contributed by atoms with Gasteiger partial charge in [0.25, 0.3) is 5.91 Å². The second-order valence-corrected chi connectivity index (χ2v) is 5.13. The van der Waals surface area contributed by atoms with Crippen molar-refractivity contribution < 1.29 is 18.8 Å². The van der Waals surface area contributed by atoms with Crippen LogP contribution in [0.25, 0.3) is 11.4 Å². The largest absolute Gasteiger partial charge is 0.497 e. The van der Waals surface area contributed by atoms with Gasteiger partial charge in [-0.25, -0.2) is 0 Å². The van der Waals surface area contributed by atoms with Gasteiger partial charge in [0, 0.05) is 5.56 Å². The van der Waals surface area contributed by atoms with E-state index in [9.17, 15) is 4.79 Å². The van der Waals surface area contributed by atoms with Gasteiger partial charge in [0.15, 0.2) is 0 Å². The molecule has 128 valence electrons. The zero-order valence-corrected chi connectivity index (χ0v) is 13.9. The molecule has 1 aromatic heterocycles. The first kappa shape index (κ1) is 16.5. The summed E-state index contributed by atoms with van der Waals surface area (Å²) >= 11 is 0. The molecule has 0 spiro atoms. The summed E-state index contributed by atoms with van der Waals surface area (Å²) in [5, 5.41) is 6.67. The van der Waals surface area contributed by atoms with E-state index in [0.29, 0.717) is 28.8 Å². The van der Waals surface area contributed by atoms with Gasteiger partial charge in [-0.15, -0.1) is 0 Å². The summed E-state index contributed by atoms with van der Waals surface area (Å²) in [6.45, 7) is 0.119. The zero-order chi connectivity index (χ0) is 17.6. The van der Waals surface area contributed by atoms with Crippen molar-refractivity contribution in [2.24, 2.45) is 0 Å². The van der Waals surface area contributed by atoms with Crippen molar-refractivity contribution in [1.29, 1.82) is 0 Å². The number of benzene rings is 2. The Morgan fingerprint density at radius 2 is 1.96 bits per heavy atom. The predicted octanol–water partition coefficient (Wildman–Crippen LogP) is 2.68. The fourth-order valence-corrected chi connectivity index (χ4v) is 2.29. The van der Waals surface area contributed by atoms with E-state index in [4.69, 9.17) is 14.0 Å². The molecule has 3 rings (SSSR count). The molecular formula is C18H17N3O4. The maximum atomic E-state index is 12.3. The van der Waals surface area contributed by atoms with Crippen LogP contribution in [-0.4, -0.2) is 30.3 Å². The van der Waals surface area contributed by atoms with E-state index >= 15 is 0 Å². The minimum atomic E-state index is -0.279. The Morgan fingerprint density at radius 3 is 2.76 bits per heavy atom. The maximum Gasteiger partial charge on any atom is 0.255 e. The number of carbonyl (C=O) groups excluding carboxylic acids is 1. The van der Waals surface area contributed by atoms with Crippen LogP contribution in [0.5, 0.6) is 11.5 Å². The number of aromatic nitrogens is 2. The first-order chi connectivity index (χ1) is 12.2. The molecule has 7 nitrogen and oxygen atoms in total. The van der Waals surface area contributed by atoms with Gasteiger partial charge in [0.2, 0.25) is 11.7 Å². The molecule has 2 aromatic carbocycles.